The first-order chi connectivity index (χ1) is 10.2. The van der Waals surface area contributed by atoms with Crippen LogP contribution in [0.5, 0.6) is 5.88 Å². The van der Waals surface area contributed by atoms with Gasteiger partial charge >= 0.3 is 0 Å². The molecule has 3 aromatic rings. The number of aromatic nitrogens is 3. The van der Waals surface area contributed by atoms with Gasteiger partial charge in [0.25, 0.3) is 0 Å². The van der Waals surface area contributed by atoms with Crippen molar-refractivity contribution in [3.05, 3.63) is 59.7 Å². The molecule has 0 spiro atoms. The maximum atomic E-state index is 10.5. The number of nitrogens with zero attached hydrogens (tertiary/aromatic N) is 3. The first-order valence-corrected chi connectivity index (χ1v) is 6.60. The second-order valence-electron chi connectivity index (χ2n) is 4.73. The molecular weight excluding hydrogens is 266 g/mol. The minimum absolute atomic E-state index is 0.303. The predicted octanol–water partition coefficient (Wildman–Crippen LogP) is 2.42. The Morgan fingerprint density at radius 2 is 1.90 bits per heavy atom. The van der Waals surface area contributed by atoms with E-state index < -0.39 is 6.10 Å². The van der Waals surface area contributed by atoms with Crippen molar-refractivity contribution in [1.29, 1.82) is 0 Å². The number of ether oxygens (including phenoxy) is 1. The van der Waals surface area contributed by atoms with E-state index >= 15 is 0 Å². The standard InChI is InChI=1S/C16H15N3O2/c1-10-9-13(19-12-6-4-3-5-11(10)12)15(20)14-16(21-2)18-8-7-17-14/h3-9,15,20H,1-2H3. The molecule has 0 saturated carbocycles. The topological polar surface area (TPSA) is 68.1 Å². The number of hydrogen-bond acceptors (Lipinski definition) is 5. The summed E-state index contributed by atoms with van der Waals surface area (Å²) in [5.74, 6) is 0.303. The third kappa shape index (κ3) is 2.43. The van der Waals surface area contributed by atoms with E-state index in [0.717, 1.165) is 16.5 Å². The fourth-order valence-corrected chi connectivity index (χ4v) is 2.34. The molecule has 5 nitrogen and oxygen atoms in total. The van der Waals surface area contributed by atoms with Gasteiger partial charge in [-0.25, -0.2) is 9.97 Å². The number of methoxy groups -OCH3 is 1. The lowest BCUT2D eigenvalue weighted by molar-refractivity contribution is 0.203. The summed E-state index contributed by atoms with van der Waals surface area (Å²) in [5.41, 5.74) is 2.79. The molecule has 0 bridgehead atoms. The highest BCUT2D eigenvalue weighted by atomic mass is 16.5. The van der Waals surface area contributed by atoms with Gasteiger partial charge in [-0.2, -0.15) is 0 Å². The zero-order chi connectivity index (χ0) is 14.8. The lowest BCUT2D eigenvalue weighted by Gasteiger charge is -2.13. The molecule has 0 aliphatic carbocycles. The summed E-state index contributed by atoms with van der Waals surface area (Å²) in [6, 6.07) is 9.69. The average molecular weight is 281 g/mol. The van der Waals surface area contributed by atoms with E-state index in [1.807, 2.05) is 37.3 Å². The van der Waals surface area contributed by atoms with Gasteiger partial charge in [-0.3, -0.25) is 4.98 Å². The molecular formula is C16H15N3O2. The highest BCUT2D eigenvalue weighted by molar-refractivity contribution is 5.82. The Morgan fingerprint density at radius 1 is 1.14 bits per heavy atom. The van der Waals surface area contributed by atoms with E-state index in [2.05, 4.69) is 15.0 Å². The first kappa shape index (κ1) is 13.5. The van der Waals surface area contributed by atoms with Gasteiger partial charge in [-0.1, -0.05) is 18.2 Å². The van der Waals surface area contributed by atoms with Crippen LogP contribution in [0.1, 0.15) is 23.1 Å². The molecule has 2 heterocycles. The molecule has 0 aliphatic heterocycles. The van der Waals surface area contributed by atoms with E-state index in [1.54, 1.807) is 0 Å². The van der Waals surface area contributed by atoms with Crippen LogP contribution in [-0.2, 0) is 0 Å². The van der Waals surface area contributed by atoms with E-state index in [0.29, 0.717) is 17.3 Å². The monoisotopic (exact) mass is 281 g/mol. The SMILES string of the molecule is COc1nccnc1C(O)c1cc(C)c2ccccc2n1. The summed E-state index contributed by atoms with van der Waals surface area (Å²) in [6.45, 7) is 1.99. The van der Waals surface area contributed by atoms with Crippen molar-refractivity contribution >= 4 is 10.9 Å². The summed E-state index contributed by atoms with van der Waals surface area (Å²) in [6.07, 6.45) is 2.07. The summed E-state index contributed by atoms with van der Waals surface area (Å²) in [7, 11) is 1.50. The maximum absolute atomic E-state index is 10.5. The van der Waals surface area contributed by atoms with Crippen LogP contribution in [0.3, 0.4) is 0 Å². The molecule has 0 aliphatic rings. The van der Waals surface area contributed by atoms with Gasteiger partial charge in [0.05, 0.1) is 18.3 Å². The molecule has 1 aromatic carbocycles. The van der Waals surface area contributed by atoms with Gasteiger partial charge in [-0.15, -0.1) is 0 Å². The number of hydrogen-bond donors (Lipinski definition) is 1. The van der Waals surface area contributed by atoms with Crippen LogP contribution >= 0.6 is 0 Å². The quantitative estimate of drug-likeness (QED) is 0.798. The molecule has 1 N–H and O–H groups in total. The average Bonchev–Trinajstić information content (AvgIpc) is 2.54. The highest BCUT2D eigenvalue weighted by Crippen LogP contribution is 2.27. The van der Waals surface area contributed by atoms with Crippen LogP contribution in [0.2, 0.25) is 0 Å². The van der Waals surface area contributed by atoms with Crippen LogP contribution < -0.4 is 4.74 Å². The van der Waals surface area contributed by atoms with Gasteiger partial charge in [0.1, 0.15) is 11.8 Å². The van der Waals surface area contributed by atoms with Crippen LogP contribution in [0.4, 0.5) is 0 Å². The Morgan fingerprint density at radius 3 is 2.71 bits per heavy atom. The Hall–Kier alpha value is -2.53. The Labute approximate surface area is 122 Å². The lowest BCUT2D eigenvalue weighted by atomic mass is 10.1. The number of benzene rings is 1. The van der Waals surface area contributed by atoms with E-state index in [-0.39, 0.29) is 0 Å². The van der Waals surface area contributed by atoms with Crippen LogP contribution in [0.15, 0.2) is 42.7 Å². The van der Waals surface area contributed by atoms with E-state index in [9.17, 15) is 5.11 Å². The molecule has 0 radical (unpaired) electrons. The first-order valence-electron chi connectivity index (χ1n) is 6.60. The minimum atomic E-state index is -0.975. The zero-order valence-electron chi connectivity index (χ0n) is 11.8. The number of pyridine rings is 1. The van der Waals surface area contributed by atoms with Crippen LogP contribution in [0.25, 0.3) is 10.9 Å². The number of aryl methyl sites for hydroxylation is 1. The molecule has 1 atom stereocenters. The fraction of sp³-hybridized carbons (Fsp3) is 0.188. The largest absolute Gasteiger partial charge is 0.480 e. The van der Waals surface area contributed by atoms with Gasteiger partial charge < -0.3 is 9.84 Å². The second-order valence-corrected chi connectivity index (χ2v) is 4.73. The van der Waals surface area contributed by atoms with Gasteiger partial charge in [-0.05, 0) is 24.6 Å². The summed E-state index contributed by atoms with van der Waals surface area (Å²) < 4.78 is 5.14. The number of aliphatic hydroxyl groups excluding tert-OH is 1. The van der Waals surface area contributed by atoms with Crippen molar-refractivity contribution < 1.29 is 9.84 Å². The fourth-order valence-electron chi connectivity index (χ4n) is 2.34. The van der Waals surface area contributed by atoms with Gasteiger partial charge in [0.2, 0.25) is 5.88 Å². The molecule has 106 valence electrons. The summed E-state index contributed by atoms with van der Waals surface area (Å²) >= 11 is 0. The Balaban J connectivity index is 2.11. The summed E-state index contributed by atoms with van der Waals surface area (Å²) in [4.78, 5) is 12.7. The Bertz CT molecular complexity index is 789. The second kappa shape index (κ2) is 5.46. The van der Waals surface area contributed by atoms with Crippen molar-refractivity contribution in [2.75, 3.05) is 7.11 Å². The third-order valence-electron chi connectivity index (χ3n) is 3.37. The molecule has 21 heavy (non-hydrogen) atoms. The molecule has 0 saturated heterocycles. The van der Waals surface area contributed by atoms with Crippen molar-refractivity contribution in [3.63, 3.8) is 0 Å². The minimum Gasteiger partial charge on any atom is -0.480 e. The number of rotatable bonds is 3. The zero-order valence-corrected chi connectivity index (χ0v) is 11.8. The van der Waals surface area contributed by atoms with Crippen LogP contribution in [0, 0.1) is 6.92 Å². The van der Waals surface area contributed by atoms with Crippen LogP contribution in [-0.4, -0.2) is 27.2 Å². The number of aliphatic hydroxyl groups is 1. The van der Waals surface area contributed by atoms with E-state index in [4.69, 9.17) is 4.74 Å². The predicted molar refractivity (Wildman–Crippen MR) is 79.1 cm³/mol. The van der Waals surface area contributed by atoms with Crippen molar-refractivity contribution in [1.82, 2.24) is 15.0 Å². The van der Waals surface area contributed by atoms with Crippen molar-refractivity contribution in [2.45, 2.75) is 13.0 Å². The van der Waals surface area contributed by atoms with Gasteiger partial charge in [0, 0.05) is 17.8 Å². The van der Waals surface area contributed by atoms with Gasteiger partial charge in [0.15, 0.2) is 0 Å². The normalized spacial score (nSPS) is 12.3. The number of para-hydroxylation sites is 1. The summed E-state index contributed by atoms with van der Waals surface area (Å²) in [5, 5.41) is 11.6. The molecule has 3 rings (SSSR count). The maximum Gasteiger partial charge on any atom is 0.238 e. The molecule has 1 unspecified atom stereocenters. The molecule has 0 fully saturated rings. The number of fused-ring (bicyclic) bond motifs is 1. The van der Waals surface area contributed by atoms with Crippen molar-refractivity contribution in [3.8, 4) is 5.88 Å². The Kier molecular flexibility index (Phi) is 3.50. The van der Waals surface area contributed by atoms with Crippen molar-refractivity contribution in [2.24, 2.45) is 0 Å². The lowest BCUT2D eigenvalue weighted by Crippen LogP contribution is -2.08. The molecule has 0 amide bonds. The molecule has 2 aromatic heterocycles. The highest BCUT2D eigenvalue weighted by Gasteiger charge is 2.20. The third-order valence-corrected chi connectivity index (χ3v) is 3.37. The van der Waals surface area contributed by atoms with E-state index in [1.165, 1.54) is 19.5 Å². The molecule has 5 heteroatoms. The smallest absolute Gasteiger partial charge is 0.238 e.